The Hall–Kier alpha value is -3.94. The molecule has 2 heterocycles. The van der Waals surface area contributed by atoms with Crippen LogP contribution in [0.5, 0.6) is 0 Å². The molecule has 0 bridgehead atoms. The third-order valence-corrected chi connectivity index (χ3v) is 6.30. The fourth-order valence-corrected chi connectivity index (χ4v) is 3.65. The predicted octanol–water partition coefficient (Wildman–Crippen LogP) is 3.31. The predicted molar refractivity (Wildman–Crippen MR) is 130 cm³/mol. The number of rotatable bonds is 8. The van der Waals surface area contributed by atoms with Crippen LogP contribution >= 0.6 is 0 Å². The van der Waals surface area contributed by atoms with E-state index in [9.17, 15) is 26.4 Å². The van der Waals surface area contributed by atoms with E-state index < -0.39 is 27.6 Å². The summed E-state index contributed by atoms with van der Waals surface area (Å²) in [5, 5.41) is 7.92. The van der Waals surface area contributed by atoms with Crippen LogP contribution in [0.3, 0.4) is 0 Å². The van der Waals surface area contributed by atoms with Gasteiger partial charge in [0.1, 0.15) is 11.4 Å². The van der Waals surface area contributed by atoms with Crippen LogP contribution in [-0.4, -0.2) is 49.6 Å². The highest BCUT2D eigenvalue weighted by molar-refractivity contribution is 7.92. The Bertz CT molecular complexity index is 1360. The molecule has 10 nitrogen and oxygen atoms in total. The standard InChI is InChI=1S/C22H24F3N7O3S/c1-13-9-18(32(3)36(4,34)35)15(10-27-13)11-28-19-17(22(23,24)25)12-29-21(31-19)30-16-7-5-14(6-8-16)20(33)26-2/h5-10,12H,11H2,1-4H3,(H,26,33)(H2,28,29,30,31). The van der Waals surface area contributed by atoms with Gasteiger partial charge < -0.3 is 16.0 Å². The largest absolute Gasteiger partial charge is 0.421 e. The Morgan fingerprint density at radius 2 is 1.78 bits per heavy atom. The van der Waals surface area contributed by atoms with Crippen LogP contribution in [0.1, 0.15) is 27.2 Å². The molecular weight excluding hydrogens is 499 g/mol. The number of aromatic nitrogens is 3. The summed E-state index contributed by atoms with van der Waals surface area (Å²) in [5.74, 6) is -0.908. The van der Waals surface area contributed by atoms with Crippen LogP contribution in [0.2, 0.25) is 0 Å². The zero-order valence-electron chi connectivity index (χ0n) is 19.8. The lowest BCUT2D eigenvalue weighted by Gasteiger charge is -2.21. The first-order chi connectivity index (χ1) is 16.8. The van der Waals surface area contributed by atoms with Gasteiger partial charge in [-0.3, -0.25) is 14.1 Å². The van der Waals surface area contributed by atoms with E-state index in [-0.39, 0.29) is 24.1 Å². The van der Waals surface area contributed by atoms with Gasteiger partial charge in [0.15, 0.2) is 0 Å². The lowest BCUT2D eigenvalue weighted by atomic mass is 10.2. The van der Waals surface area contributed by atoms with Crippen LogP contribution in [0.25, 0.3) is 0 Å². The quantitative estimate of drug-likeness (QED) is 0.410. The second-order valence-electron chi connectivity index (χ2n) is 7.77. The van der Waals surface area contributed by atoms with E-state index in [1.54, 1.807) is 19.1 Å². The molecule has 3 rings (SSSR count). The van der Waals surface area contributed by atoms with E-state index in [2.05, 4.69) is 30.9 Å². The van der Waals surface area contributed by atoms with Gasteiger partial charge in [0.05, 0.1) is 11.9 Å². The number of benzene rings is 1. The topological polar surface area (TPSA) is 129 Å². The Morgan fingerprint density at radius 3 is 2.36 bits per heavy atom. The van der Waals surface area contributed by atoms with Crippen molar-refractivity contribution < 1.29 is 26.4 Å². The number of nitrogens with zero attached hydrogens (tertiary/aromatic N) is 4. The minimum atomic E-state index is -4.74. The number of carbonyl (C=O) groups excluding carboxylic acids is 1. The normalized spacial score (nSPS) is 11.6. The minimum absolute atomic E-state index is 0.117. The summed E-state index contributed by atoms with van der Waals surface area (Å²) in [7, 11) is -0.786. The number of halogens is 3. The Morgan fingerprint density at radius 1 is 1.11 bits per heavy atom. The number of pyridine rings is 1. The lowest BCUT2D eigenvalue weighted by Crippen LogP contribution is -2.26. The molecule has 1 amide bonds. The minimum Gasteiger partial charge on any atom is -0.365 e. The molecule has 1 aromatic carbocycles. The maximum absolute atomic E-state index is 13.6. The van der Waals surface area contributed by atoms with E-state index in [0.717, 1.165) is 10.6 Å². The second kappa shape index (κ2) is 10.4. The number of amides is 1. The van der Waals surface area contributed by atoms with E-state index in [0.29, 0.717) is 28.7 Å². The molecule has 0 aliphatic rings. The van der Waals surface area contributed by atoms with Crippen molar-refractivity contribution in [1.29, 1.82) is 0 Å². The van der Waals surface area contributed by atoms with Gasteiger partial charge in [0, 0.05) is 55.5 Å². The van der Waals surface area contributed by atoms with Crippen molar-refractivity contribution in [3.05, 3.63) is 65.1 Å². The Labute approximate surface area is 206 Å². The van der Waals surface area contributed by atoms with Crippen molar-refractivity contribution in [2.24, 2.45) is 0 Å². The molecule has 2 aromatic heterocycles. The lowest BCUT2D eigenvalue weighted by molar-refractivity contribution is -0.137. The van der Waals surface area contributed by atoms with E-state index in [1.807, 2.05) is 0 Å². The average Bonchev–Trinajstić information content (AvgIpc) is 2.81. The van der Waals surface area contributed by atoms with E-state index in [1.165, 1.54) is 38.5 Å². The van der Waals surface area contributed by atoms with Crippen LogP contribution < -0.4 is 20.3 Å². The molecule has 3 aromatic rings. The van der Waals surface area contributed by atoms with E-state index >= 15 is 0 Å². The highest BCUT2D eigenvalue weighted by atomic mass is 32.2. The molecule has 0 radical (unpaired) electrons. The molecule has 0 saturated carbocycles. The molecule has 192 valence electrons. The molecule has 0 unspecified atom stereocenters. The fourth-order valence-electron chi connectivity index (χ4n) is 3.12. The smallest absolute Gasteiger partial charge is 0.365 e. The number of carbonyl (C=O) groups is 1. The van der Waals surface area contributed by atoms with Gasteiger partial charge in [0.25, 0.3) is 5.91 Å². The van der Waals surface area contributed by atoms with Crippen molar-refractivity contribution in [3.8, 4) is 0 Å². The number of nitrogens with one attached hydrogen (secondary N) is 3. The van der Waals surface area contributed by atoms with Gasteiger partial charge in [-0.05, 0) is 37.3 Å². The van der Waals surface area contributed by atoms with Gasteiger partial charge in [-0.25, -0.2) is 13.4 Å². The monoisotopic (exact) mass is 523 g/mol. The third-order valence-electron chi connectivity index (χ3n) is 5.11. The zero-order valence-corrected chi connectivity index (χ0v) is 20.6. The maximum atomic E-state index is 13.6. The second-order valence-corrected chi connectivity index (χ2v) is 9.79. The first-order valence-corrected chi connectivity index (χ1v) is 12.3. The van der Waals surface area contributed by atoms with Crippen molar-refractivity contribution >= 4 is 39.1 Å². The summed E-state index contributed by atoms with van der Waals surface area (Å²) in [4.78, 5) is 23.5. The molecule has 0 spiro atoms. The van der Waals surface area contributed by atoms with Crippen LogP contribution in [0.4, 0.5) is 36.3 Å². The molecule has 0 saturated heterocycles. The van der Waals surface area contributed by atoms with Crippen molar-refractivity contribution in [1.82, 2.24) is 20.3 Å². The summed E-state index contributed by atoms with van der Waals surface area (Å²) in [6.45, 7) is 1.48. The number of alkyl halides is 3. The van der Waals surface area contributed by atoms with Crippen molar-refractivity contribution in [3.63, 3.8) is 0 Å². The van der Waals surface area contributed by atoms with Gasteiger partial charge in [-0.2, -0.15) is 18.2 Å². The molecule has 36 heavy (non-hydrogen) atoms. The van der Waals surface area contributed by atoms with Gasteiger partial charge in [0.2, 0.25) is 16.0 Å². The molecule has 14 heteroatoms. The Kier molecular flexibility index (Phi) is 7.67. The molecule has 0 atom stereocenters. The van der Waals surface area contributed by atoms with Crippen molar-refractivity contribution in [2.75, 3.05) is 35.3 Å². The molecule has 0 aliphatic heterocycles. The van der Waals surface area contributed by atoms with E-state index in [4.69, 9.17) is 0 Å². The number of hydrogen-bond acceptors (Lipinski definition) is 8. The molecular formula is C22H24F3N7O3S. The summed E-state index contributed by atoms with van der Waals surface area (Å²) in [6, 6.07) is 7.72. The average molecular weight is 524 g/mol. The van der Waals surface area contributed by atoms with Crippen LogP contribution in [0, 0.1) is 6.92 Å². The highest BCUT2D eigenvalue weighted by Gasteiger charge is 2.35. The zero-order chi connectivity index (χ0) is 26.7. The van der Waals surface area contributed by atoms with Gasteiger partial charge in [-0.15, -0.1) is 0 Å². The SMILES string of the molecule is CNC(=O)c1ccc(Nc2ncc(C(F)(F)F)c(NCc3cnc(C)cc3N(C)S(C)(=O)=O)n2)cc1. The molecule has 0 fully saturated rings. The molecule has 0 aliphatic carbocycles. The molecule has 3 N–H and O–H groups in total. The van der Waals surface area contributed by atoms with Gasteiger partial charge in [-0.1, -0.05) is 0 Å². The first-order valence-electron chi connectivity index (χ1n) is 10.5. The number of hydrogen-bond donors (Lipinski definition) is 3. The number of aryl methyl sites for hydroxylation is 1. The van der Waals surface area contributed by atoms with Crippen LogP contribution in [-0.2, 0) is 22.7 Å². The highest BCUT2D eigenvalue weighted by Crippen LogP contribution is 2.34. The van der Waals surface area contributed by atoms with Crippen molar-refractivity contribution in [2.45, 2.75) is 19.6 Å². The summed E-state index contributed by atoms with van der Waals surface area (Å²) in [6.07, 6.45) is -1.69. The number of sulfonamides is 1. The van der Waals surface area contributed by atoms with Crippen LogP contribution in [0.15, 0.2) is 42.7 Å². The summed E-state index contributed by atoms with van der Waals surface area (Å²) >= 11 is 0. The van der Waals surface area contributed by atoms with Gasteiger partial charge >= 0.3 is 6.18 Å². The third kappa shape index (κ3) is 6.38. The Balaban J connectivity index is 1.90. The summed E-state index contributed by atoms with van der Waals surface area (Å²) < 4.78 is 66.0. The maximum Gasteiger partial charge on any atom is 0.421 e. The first kappa shape index (κ1) is 26.7. The number of anilines is 4. The fraction of sp³-hybridized carbons (Fsp3) is 0.273. The summed E-state index contributed by atoms with van der Waals surface area (Å²) in [5.41, 5.74) is 0.917.